The zero-order valence-corrected chi connectivity index (χ0v) is 7.55. The SMILES string of the molecule is CC(F)(F)Cc1[nH]nc(OC(=O)O)c1F. The standard InChI is InChI=1S/C7H7F3N2O3/c1-7(9,10)2-3-4(8)5(12-11-3)15-6(13)14/h2H2,1H3,(H,11,12)(H,13,14). The van der Waals surface area contributed by atoms with Crippen LogP contribution in [0.3, 0.4) is 0 Å². The van der Waals surface area contributed by atoms with Crippen molar-refractivity contribution in [2.24, 2.45) is 0 Å². The first-order valence-corrected chi connectivity index (χ1v) is 3.81. The summed E-state index contributed by atoms with van der Waals surface area (Å²) in [6, 6.07) is 0. The van der Waals surface area contributed by atoms with Crippen LogP contribution in [0.4, 0.5) is 18.0 Å². The lowest BCUT2D eigenvalue weighted by Gasteiger charge is -2.06. The summed E-state index contributed by atoms with van der Waals surface area (Å²) in [6.07, 6.45) is -2.68. The first kappa shape index (κ1) is 11.3. The van der Waals surface area contributed by atoms with E-state index in [1.165, 1.54) is 0 Å². The summed E-state index contributed by atoms with van der Waals surface area (Å²) in [6.45, 7) is 0.602. The highest BCUT2D eigenvalue weighted by Gasteiger charge is 2.27. The Morgan fingerprint density at radius 1 is 1.67 bits per heavy atom. The second-order valence-electron chi connectivity index (χ2n) is 2.94. The first-order valence-electron chi connectivity index (χ1n) is 3.81. The first-order chi connectivity index (χ1) is 6.79. The molecule has 0 radical (unpaired) electrons. The zero-order valence-electron chi connectivity index (χ0n) is 7.55. The van der Waals surface area contributed by atoms with Gasteiger partial charge in [0.15, 0.2) is 0 Å². The van der Waals surface area contributed by atoms with Crippen LogP contribution in [0.15, 0.2) is 0 Å². The van der Waals surface area contributed by atoms with E-state index >= 15 is 0 Å². The smallest absolute Gasteiger partial charge is 0.449 e. The summed E-state index contributed by atoms with van der Waals surface area (Å²) >= 11 is 0. The molecule has 1 aromatic heterocycles. The fourth-order valence-electron chi connectivity index (χ4n) is 0.923. The van der Waals surface area contributed by atoms with E-state index in [1.807, 2.05) is 5.10 Å². The Balaban J connectivity index is 2.84. The Morgan fingerprint density at radius 3 is 2.73 bits per heavy atom. The van der Waals surface area contributed by atoms with Crippen molar-refractivity contribution in [3.8, 4) is 5.88 Å². The number of rotatable bonds is 3. The van der Waals surface area contributed by atoms with E-state index in [2.05, 4.69) is 9.84 Å². The lowest BCUT2D eigenvalue weighted by molar-refractivity contribution is 0.0208. The molecular formula is C7H7F3N2O3. The lowest BCUT2D eigenvalue weighted by atomic mass is 10.2. The monoisotopic (exact) mass is 224 g/mol. The maximum atomic E-state index is 13.1. The number of nitrogens with zero attached hydrogens (tertiary/aromatic N) is 1. The van der Waals surface area contributed by atoms with Crippen LogP contribution < -0.4 is 4.74 Å². The van der Waals surface area contributed by atoms with Gasteiger partial charge in [-0.25, -0.2) is 13.6 Å². The van der Waals surface area contributed by atoms with Gasteiger partial charge in [0.1, 0.15) is 0 Å². The summed E-state index contributed by atoms with van der Waals surface area (Å²) in [5.74, 6) is -5.20. The summed E-state index contributed by atoms with van der Waals surface area (Å²) in [5, 5.41) is 13.2. The Kier molecular flexibility index (Phi) is 2.87. The van der Waals surface area contributed by atoms with Crippen molar-refractivity contribution in [2.45, 2.75) is 19.3 Å². The molecule has 84 valence electrons. The van der Waals surface area contributed by atoms with E-state index in [0.29, 0.717) is 6.92 Å². The van der Waals surface area contributed by atoms with Crippen LogP contribution in [0.1, 0.15) is 12.6 Å². The molecule has 0 bridgehead atoms. The average Bonchev–Trinajstić information content (AvgIpc) is 2.32. The molecule has 1 aromatic rings. The van der Waals surface area contributed by atoms with E-state index < -0.39 is 35.9 Å². The topological polar surface area (TPSA) is 75.2 Å². The van der Waals surface area contributed by atoms with Gasteiger partial charge in [-0.1, -0.05) is 0 Å². The number of hydrogen-bond acceptors (Lipinski definition) is 3. The summed E-state index contributed by atoms with van der Waals surface area (Å²) in [4.78, 5) is 10.0. The third-order valence-corrected chi connectivity index (χ3v) is 1.42. The van der Waals surface area contributed by atoms with Crippen LogP contribution in [0.2, 0.25) is 0 Å². The minimum atomic E-state index is -3.12. The van der Waals surface area contributed by atoms with Crippen LogP contribution in [-0.2, 0) is 6.42 Å². The predicted molar refractivity (Wildman–Crippen MR) is 41.5 cm³/mol. The maximum Gasteiger partial charge on any atom is 0.512 e. The highest BCUT2D eigenvalue weighted by Crippen LogP contribution is 2.23. The van der Waals surface area contributed by atoms with Gasteiger partial charge in [-0.05, 0) is 6.92 Å². The Bertz CT molecular complexity index is 372. The largest absolute Gasteiger partial charge is 0.512 e. The number of carbonyl (C=O) groups is 1. The van der Waals surface area contributed by atoms with Crippen LogP contribution in [0.25, 0.3) is 0 Å². The normalized spacial score (nSPS) is 11.5. The van der Waals surface area contributed by atoms with Gasteiger partial charge in [0, 0.05) is 0 Å². The third-order valence-electron chi connectivity index (χ3n) is 1.42. The fraction of sp³-hybridized carbons (Fsp3) is 0.429. The molecule has 0 aromatic carbocycles. The number of aromatic amines is 1. The number of alkyl halides is 2. The van der Waals surface area contributed by atoms with Crippen LogP contribution in [0.5, 0.6) is 5.88 Å². The van der Waals surface area contributed by atoms with Gasteiger partial charge in [0.05, 0.1) is 12.1 Å². The number of aromatic nitrogens is 2. The molecule has 0 unspecified atom stereocenters. The molecule has 0 saturated carbocycles. The molecule has 0 saturated heterocycles. The number of halogens is 3. The van der Waals surface area contributed by atoms with Gasteiger partial charge in [-0.3, -0.25) is 5.10 Å². The maximum absolute atomic E-state index is 13.1. The highest BCUT2D eigenvalue weighted by molar-refractivity contribution is 5.60. The number of ether oxygens (including phenoxy) is 1. The Hall–Kier alpha value is -1.73. The molecule has 0 spiro atoms. The van der Waals surface area contributed by atoms with E-state index in [4.69, 9.17) is 5.11 Å². The van der Waals surface area contributed by atoms with E-state index in [1.54, 1.807) is 0 Å². The molecule has 8 heteroatoms. The van der Waals surface area contributed by atoms with Gasteiger partial charge < -0.3 is 9.84 Å². The number of hydrogen-bond donors (Lipinski definition) is 2. The molecule has 0 aliphatic rings. The van der Waals surface area contributed by atoms with Gasteiger partial charge >= 0.3 is 6.16 Å². The quantitative estimate of drug-likeness (QED) is 0.767. The number of nitrogens with one attached hydrogen (secondary N) is 1. The molecule has 15 heavy (non-hydrogen) atoms. The van der Waals surface area contributed by atoms with E-state index in [9.17, 15) is 18.0 Å². The van der Waals surface area contributed by atoms with Gasteiger partial charge in [0.25, 0.3) is 11.8 Å². The van der Waals surface area contributed by atoms with Crippen molar-refractivity contribution in [2.75, 3.05) is 0 Å². The summed E-state index contributed by atoms with van der Waals surface area (Å²) < 4.78 is 42.0. The molecule has 0 amide bonds. The van der Waals surface area contributed by atoms with Crippen molar-refractivity contribution >= 4 is 6.16 Å². The molecule has 0 aliphatic carbocycles. The Labute approximate surface area is 81.9 Å². The van der Waals surface area contributed by atoms with Gasteiger partial charge in [0.2, 0.25) is 5.82 Å². The van der Waals surface area contributed by atoms with Crippen LogP contribution in [0, 0.1) is 5.82 Å². The molecule has 1 heterocycles. The average molecular weight is 224 g/mol. The summed E-state index contributed by atoms with van der Waals surface area (Å²) in [7, 11) is 0. The van der Waals surface area contributed by atoms with E-state index in [-0.39, 0.29) is 0 Å². The van der Waals surface area contributed by atoms with Crippen molar-refractivity contribution < 1.29 is 27.8 Å². The van der Waals surface area contributed by atoms with Gasteiger partial charge in [-0.15, -0.1) is 5.10 Å². The molecule has 1 rings (SSSR count). The molecular weight excluding hydrogens is 217 g/mol. The molecule has 0 aliphatic heterocycles. The van der Waals surface area contributed by atoms with Crippen LogP contribution in [-0.4, -0.2) is 27.4 Å². The third kappa shape index (κ3) is 3.15. The Morgan fingerprint density at radius 2 is 2.27 bits per heavy atom. The minimum absolute atomic E-state index is 0.501. The van der Waals surface area contributed by atoms with Gasteiger partial charge in [-0.2, -0.15) is 4.39 Å². The number of H-pyrrole nitrogens is 1. The second kappa shape index (κ2) is 3.79. The second-order valence-corrected chi connectivity index (χ2v) is 2.94. The van der Waals surface area contributed by atoms with Crippen molar-refractivity contribution in [3.63, 3.8) is 0 Å². The molecule has 0 atom stereocenters. The molecule has 2 N–H and O–H groups in total. The predicted octanol–water partition coefficient (Wildman–Crippen LogP) is 1.80. The van der Waals surface area contributed by atoms with Crippen molar-refractivity contribution in [3.05, 3.63) is 11.5 Å². The van der Waals surface area contributed by atoms with Crippen molar-refractivity contribution in [1.82, 2.24) is 10.2 Å². The zero-order chi connectivity index (χ0) is 11.6. The molecule has 0 fully saturated rings. The van der Waals surface area contributed by atoms with Crippen LogP contribution >= 0.6 is 0 Å². The highest BCUT2D eigenvalue weighted by atomic mass is 19.3. The number of carboxylic acid groups (broad SMARTS) is 1. The van der Waals surface area contributed by atoms with Crippen molar-refractivity contribution in [1.29, 1.82) is 0 Å². The van der Waals surface area contributed by atoms with E-state index in [0.717, 1.165) is 0 Å². The fourth-order valence-corrected chi connectivity index (χ4v) is 0.923. The summed E-state index contributed by atoms with van der Waals surface area (Å²) in [5.41, 5.74) is -0.501. The molecule has 5 nitrogen and oxygen atoms in total. The lowest BCUT2D eigenvalue weighted by Crippen LogP contribution is -2.14. The minimum Gasteiger partial charge on any atom is -0.449 e.